The van der Waals surface area contributed by atoms with Gasteiger partial charge >= 0.3 is 5.97 Å². The van der Waals surface area contributed by atoms with Gasteiger partial charge in [-0.1, -0.05) is 6.58 Å². The minimum Gasteiger partial charge on any atom is -0.460 e. The maximum absolute atomic E-state index is 12.4. The van der Waals surface area contributed by atoms with Crippen LogP contribution < -0.4 is 0 Å². The van der Waals surface area contributed by atoms with Gasteiger partial charge in [0.25, 0.3) is 17.6 Å². The third-order valence-corrected chi connectivity index (χ3v) is 4.15. The first-order chi connectivity index (χ1) is 11.2. The molecule has 138 valence electrons. The Morgan fingerprint density at radius 2 is 1.68 bits per heavy atom. The van der Waals surface area contributed by atoms with E-state index < -0.39 is 53.7 Å². The number of amides is 2. The SMILES string of the molecule is C=C(C)C(=O)OCCN1C(=O)C2(O)C=CC(O)(O)C(O)(O)C2(O)C1=O. The Hall–Kier alpha value is -2.15. The van der Waals surface area contributed by atoms with Crippen LogP contribution in [0.2, 0.25) is 0 Å². The van der Waals surface area contributed by atoms with Gasteiger partial charge < -0.3 is 35.4 Å². The first-order valence-electron chi connectivity index (χ1n) is 6.97. The lowest BCUT2D eigenvalue weighted by Gasteiger charge is -2.48. The Labute approximate surface area is 140 Å². The Kier molecular flexibility index (Phi) is 4.16. The monoisotopic (exact) mass is 359 g/mol. The fourth-order valence-electron chi connectivity index (χ4n) is 2.59. The van der Waals surface area contributed by atoms with Crippen LogP contribution in [0.1, 0.15) is 6.92 Å². The molecule has 2 amide bonds. The minimum atomic E-state index is -4.01. The molecule has 0 spiro atoms. The van der Waals surface area contributed by atoms with Crippen LogP contribution in [-0.2, 0) is 19.1 Å². The van der Waals surface area contributed by atoms with Gasteiger partial charge in [0.15, 0.2) is 0 Å². The van der Waals surface area contributed by atoms with Gasteiger partial charge in [-0.3, -0.25) is 14.5 Å². The van der Waals surface area contributed by atoms with E-state index in [4.69, 9.17) is 0 Å². The summed E-state index contributed by atoms with van der Waals surface area (Å²) in [6.07, 6.45) is 0.620. The lowest BCUT2D eigenvalue weighted by Crippen LogP contribution is -2.78. The van der Waals surface area contributed by atoms with Crippen molar-refractivity contribution in [3.05, 3.63) is 24.3 Å². The van der Waals surface area contributed by atoms with Crippen LogP contribution in [0.4, 0.5) is 0 Å². The smallest absolute Gasteiger partial charge is 0.333 e. The van der Waals surface area contributed by atoms with Crippen LogP contribution >= 0.6 is 0 Å². The molecule has 0 saturated carbocycles. The zero-order chi connectivity index (χ0) is 19.4. The third kappa shape index (κ3) is 2.25. The van der Waals surface area contributed by atoms with E-state index in [1.807, 2.05) is 0 Å². The summed E-state index contributed by atoms with van der Waals surface area (Å²) in [6.45, 7) is 3.49. The Balaban J connectivity index is 2.35. The zero-order valence-electron chi connectivity index (χ0n) is 13.0. The molecule has 0 aromatic heterocycles. The summed E-state index contributed by atoms with van der Waals surface area (Å²) in [5.74, 6) is -11.6. The van der Waals surface area contributed by atoms with Crippen molar-refractivity contribution in [3.8, 4) is 0 Å². The van der Waals surface area contributed by atoms with E-state index in [-0.39, 0.29) is 16.5 Å². The molecule has 11 heteroatoms. The summed E-state index contributed by atoms with van der Waals surface area (Å²) in [6, 6.07) is 0. The van der Waals surface area contributed by atoms with Gasteiger partial charge in [-0.15, -0.1) is 0 Å². The standard InChI is InChI=1S/C14H17NO10/c1-7(2)8(16)25-6-5-15-9(17)11(19)3-4-12(20,21)14(23,24)13(11,22)10(15)18/h3-4,19-24H,1,5-6H2,2H3. The van der Waals surface area contributed by atoms with Gasteiger partial charge in [0, 0.05) is 5.57 Å². The number of aliphatic hydroxyl groups is 6. The fourth-order valence-corrected chi connectivity index (χ4v) is 2.59. The van der Waals surface area contributed by atoms with Crippen molar-refractivity contribution < 1.29 is 49.8 Å². The molecule has 11 nitrogen and oxygen atoms in total. The number of ether oxygens (including phenoxy) is 1. The van der Waals surface area contributed by atoms with Crippen molar-refractivity contribution in [2.24, 2.45) is 0 Å². The average Bonchev–Trinajstić information content (AvgIpc) is 2.66. The highest BCUT2D eigenvalue weighted by Crippen LogP contribution is 2.48. The molecule has 2 unspecified atom stereocenters. The first kappa shape index (κ1) is 19.2. The van der Waals surface area contributed by atoms with Crippen LogP contribution in [0.5, 0.6) is 0 Å². The average molecular weight is 359 g/mol. The van der Waals surface area contributed by atoms with E-state index in [1.165, 1.54) is 6.92 Å². The van der Waals surface area contributed by atoms with E-state index >= 15 is 0 Å². The van der Waals surface area contributed by atoms with E-state index in [0.717, 1.165) is 0 Å². The predicted molar refractivity (Wildman–Crippen MR) is 75.9 cm³/mol. The molecule has 0 aromatic rings. The summed E-state index contributed by atoms with van der Waals surface area (Å²) >= 11 is 0. The second kappa shape index (κ2) is 5.42. The lowest BCUT2D eigenvalue weighted by atomic mass is 9.70. The Morgan fingerprint density at radius 1 is 1.12 bits per heavy atom. The van der Waals surface area contributed by atoms with Crippen LogP contribution in [0, 0.1) is 0 Å². The molecule has 1 saturated heterocycles. The molecule has 1 aliphatic carbocycles. The topological polar surface area (TPSA) is 185 Å². The quantitative estimate of drug-likeness (QED) is 0.0946. The van der Waals surface area contributed by atoms with Gasteiger partial charge in [-0.2, -0.15) is 0 Å². The second-order valence-electron chi connectivity index (χ2n) is 5.89. The number of carbonyl (C=O) groups excluding carboxylic acids is 3. The molecule has 6 N–H and O–H groups in total. The number of likely N-dealkylation sites (tertiary alicyclic amines) is 1. The number of imide groups is 1. The van der Waals surface area contributed by atoms with Crippen LogP contribution in [0.15, 0.2) is 24.3 Å². The molecule has 0 aromatic carbocycles. The highest BCUT2D eigenvalue weighted by atomic mass is 16.6. The number of nitrogens with zero attached hydrogens (tertiary/aromatic N) is 1. The van der Waals surface area contributed by atoms with Crippen molar-refractivity contribution in [3.63, 3.8) is 0 Å². The predicted octanol–water partition coefficient (Wildman–Crippen LogP) is -4.13. The Bertz CT molecular complexity index is 696. The molecule has 1 heterocycles. The lowest BCUT2D eigenvalue weighted by molar-refractivity contribution is -0.400. The highest BCUT2D eigenvalue weighted by molar-refractivity contribution is 6.15. The van der Waals surface area contributed by atoms with Crippen molar-refractivity contribution in [1.29, 1.82) is 0 Å². The molecular weight excluding hydrogens is 342 g/mol. The third-order valence-electron chi connectivity index (χ3n) is 4.15. The van der Waals surface area contributed by atoms with Crippen LogP contribution in [0.3, 0.4) is 0 Å². The van der Waals surface area contributed by atoms with Gasteiger partial charge in [-0.25, -0.2) is 4.79 Å². The molecule has 1 aliphatic heterocycles. The summed E-state index contributed by atoms with van der Waals surface area (Å²) in [5.41, 5.74) is -6.82. The molecule has 2 rings (SSSR count). The maximum atomic E-state index is 12.4. The first-order valence-corrected chi connectivity index (χ1v) is 6.97. The zero-order valence-corrected chi connectivity index (χ0v) is 13.0. The molecule has 2 aliphatic rings. The summed E-state index contributed by atoms with van der Waals surface area (Å²) in [4.78, 5) is 36.1. The van der Waals surface area contributed by atoms with Crippen LogP contribution in [0.25, 0.3) is 0 Å². The molecule has 1 fully saturated rings. The van der Waals surface area contributed by atoms with Crippen molar-refractivity contribution >= 4 is 17.8 Å². The maximum Gasteiger partial charge on any atom is 0.333 e. The fraction of sp³-hybridized carbons (Fsp3) is 0.500. The highest BCUT2D eigenvalue weighted by Gasteiger charge is 2.82. The number of rotatable bonds is 4. The summed E-state index contributed by atoms with van der Waals surface area (Å²) in [7, 11) is 0. The molecule has 2 atom stereocenters. The number of hydrogen-bond acceptors (Lipinski definition) is 10. The molecule has 25 heavy (non-hydrogen) atoms. The van der Waals surface area contributed by atoms with E-state index in [9.17, 15) is 45.0 Å². The van der Waals surface area contributed by atoms with E-state index in [2.05, 4.69) is 11.3 Å². The van der Waals surface area contributed by atoms with Gasteiger partial charge in [0.1, 0.15) is 6.61 Å². The molecule has 0 radical (unpaired) electrons. The van der Waals surface area contributed by atoms with Crippen molar-refractivity contribution in [1.82, 2.24) is 4.90 Å². The normalized spacial score (nSPS) is 32.5. The number of fused-ring (bicyclic) bond motifs is 1. The number of hydrogen-bond donors (Lipinski definition) is 6. The van der Waals surface area contributed by atoms with Gasteiger partial charge in [0.2, 0.25) is 17.0 Å². The van der Waals surface area contributed by atoms with Crippen molar-refractivity contribution in [2.75, 3.05) is 13.2 Å². The summed E-state index contributed by atoms with van der Waals surface area (Å²) in [5, 5.41) is 59.6. The Morgan fingerprint density at radius 3 is 2.20 bits per heavy atom. The largest absolute Gasteiger partial charge is 0.460 e. The van der Waals surface area contributed by atoms with Crippen LogP contribution in [-0.4, -0.2) is 89.3 Å². The number of esters is 1. The van der Waals surface area contributed by atoms with Gasteiger partial charge in [0.05, 0.1) is 6.54 Å². The molecule has 0 bridgehead atoms. The summed E-state index contributed by atoms with van der Waals surface area (Å²) < 4.78 is 4.68. The van der Waals surface area contributed by atoms with Crippen molar-refractivity contribution in [2.45, 2.75) is 29.7 Å². The van der Waals surface area contributed by atoms with Gasteiger partial charge in [-0.05, 0) is 19.1 Å². The van der Waals surface area contributed by atoms with E-state index in [1.54, 1.807) is 0 Å². The minimum absolute atomic E-state index is 0.0445. The van der Waals surface area contributed by atoms with E-state index in [0.29, 0.717) is 6.08 Å². The number of carbonyl (C=O) groups is 3. The molecular formula is C14H17NO10. The second-order valence-corrected chi connectivity index (χ2v) is 5.89.